The summed E-state index contributed by atoms with van der Waals surface area (Å²) in [6.45, 7) is 2.03. The highest BCUT2D eigenvalue weighted by Crippen LogP contribution is 2.32. The van der Waals surface area contributed by atoms with Crippen LogP contribution in [-0.2, 0) is 0 Å². The van der Waals surface area contributed by atoms with Crippen molar-refractivity contribution in [2.24, 2.45) is 0 Å². The minimum absolute atomic E-state index is 0.551. The van der Waals surface area contributed by atoms with Crippen LogP contribution < -0.4 is 0 Å². The fraction of sp³-hybridized carbons (Fsp3) is 0.0588. The molecular formula is C17H12ClN5O. The minimum Gasteiger partial charge on any atom is -0.356 e. The molecule has 0 saturated carbocycles. The first kappa shape index (κ1) is 14.6. The van der Waals surface area contributed by atoms with Crippen LogP contribution in [0.1, 0.15) is 5.56 Å². The average molecular weight is 338 g/mol. The third-order valence-electron chi connectivity index (χ3n) is 3.65. The molecule has 2 aromatic carbocycles. The molecular weight excluding hydrogens is 326 g/mol. The Morgan fingerprint density at radius 2 is 1.92 bits per heavy atom. The fourth-order valence-electron chi connectivity index (χ4n) is 2.45. The van der Waals surface area contributed by atoms with Gasteiger partial charge in [0.15, 0.2) is 11.6 Å². The highest BCUT2D eigenvalue weighted by molar-refractivity contribution is 6.30. The molecule has 0 bridgehead atoms. The third-order valence-corrected chi connectivity index (χ3v) is 3.88. The zero-order valence-electron chi connectivity index (χ0n) is 12.7. The van der Waals surface area contributed by atoms with E-state index in [0.717, 1.165) is 16.8 Å². The highest BCUT2D eigenvalue weighted by atomic mass is 35.5. The summed E-state index contributed by atoms with van der Waals surface area (Å²) in [5.74, 6) is 1.12. The summed E-state index contributed by atoms with van der Waals surface area (Å²) >= 11 is 6.07. The molecule has 0 radical (unpaired) electrons. The Kier molecular flexibility index (Phi) is 3.59. The predicted molar refractivity (Wildman–Crippen MR) is 89.8 cm³/mol. The molecule has 0 aliphatic rings. The number of hydrogen-bond donors (Lipinski definition) is 0. The maximum atomic E-state index is 6.07. The van der Waals surface area contributed by atoms with Gasteiger partial charge in [0, 0.05) is 10.6 Å². The number of halogens is 1. The summed E-state index contributed by atoms with van der Waals surface area (Å²) in [6.07, 6.45) is 1.60. The van der Waals surface area contributed by atoms with Gasteiger partial charge in [0.2, 0.25) is 0 Å². The molecule has 4 rings (SSSR count). The van der Waals surface area contributed by atoms with Crippen molar-refractivity contribution in [1.29, 1.82) is 0 Å². The summed E-state index contributed by atoms with van der Waals surface area (Å²) in [5.41, 5.74) is 3.54. The molecule has 2 heterocycles. The van der Waals surface area contributed by atoms with Gasteiger partial charge in [-0.1, -0.05) is 46.6 Å². The zero-order valence-corrected chi connectivity index (χ0v) is 13.5. The second-order valence-electron chi connectivity index (χ2n) is 5.33. The molecule has 0 fully saturated rings. The Balaban J connectivity index is 1.84. The first-order valence-electron chi connectivity index (χ1n) is 7.29. The standard InChI is InChI=1S/C17H12ClN5O/c1-11-5-7-14(8-6-11)23-17(20-21-22-23)15-10-19-24-16(15)12-3-2-4-13(18)9-12/h2-10H,1H3. The van der Waals surface area contributed by atoms with Crippen molar-refractivity contribution in [1.82, 2.24) is 25.4 Å². The minimum atomic E-state index is 0.551. The molecule has 118 valence electrons. The average Bonchev–Trinajstić information content (AvgIpc) is 3.24. The predicted octanol–water partition coefficient (Wildman–Crippen LogP) is 3.95. The molecule has 0 amide bonds. The number of rotatable bonds is 3. The van der Waals surface area contributed by atoms with Gasteiger partial charge in [-0.2, -0.15) is 4.68 Å². The maximum absolute atomic E-state index is 6.07. The Morgan fingerprint density at radius 3 is 2.71 bits per heavy atom. The number of tetrazole rings is 1. The van der Waals surface area contributed by atoms with Gasteiger partial charge in [0.1, 0.15) is 0 Å². The van der Waals surface area contributed by atoms with E-state index in [1.807, 2.05) is 49.4 Å². The molecule has 6 nitrogen and oxygen atoms in total. The van der Waals surface area contributed by atoms with Gasteiger partial charge in [-0.15, -0.1) is 5.10 Å². The molecule has 0 spiro atoms. The summed E-state index contributed by atoms with van der Waals surface area (Å²) in [4.78, 5) is 0. The van der Waals surface area contributed by atoms with Gasteiger partial charge >= 0.3 is 0 Å². The molecule has 4 aromatic rings. The summed E-state index contributed by atoms with van der Waals surface area (Å²) in [6, 6.07) is 15.3. The van der Waals surface area contributed by atoms with E-state index in [2.05, 4.69) is 20.7 Å². The number of hydrogen-bond acceptors (Lipinski definition) is 5. The lowest BCUT2D eigenvalue weighted by Gasteiger charge is -2.05. The van der Waals surface area contributed by atoms with Gasteiger partial charge in [0.05, 0.1) is 17.4 Å². The van der Waals surface area contributed by atoms with Crippen LogP contribution in [0.3, 0.4) is 0 Å². The van der Waals surface area contributed by atoms with E-state index >= 15 is 0 Å². The highest BCUT2D eigenvalue weighted by Gasteiger charge is 2.19. The van der Waals surface area contributed by atoms with E-state index in [4.69, 9.17) is 16.1 Å². The van der Waals surface area contributed by atoms with Crippen LogP contribution >= 0.6 is 11.6 Å². The topological polar surface area (TPSA) is 69.6 Å². The van der Waals surface area contributed by atoms with E-state index in [-0.39, 0.29) is 0 Å². The van der Waals surface area contributed by atoms with Gasteiger partial charge in [-0.25, -0.2) is 0 Å². The van der Waals surface area contributed by atoms with E-state index in [9.17, 15) is 0 Å². The van der Waals surface area contributed by atoms with Crippen molar-refractivity contribution < 1.29 is 4.52 Å². The molecule has 0 unspecified atom stereocenters. The van der Waals surface area contributed by atoms with Crippen LogP contribution in [0, 0.1) is 6.92 Å². The van der Waals surface area contributed by atoms with E-state index in [0.29, 0.717) is 22.2 Å². The third kappa shape index (κ3) is 2.57. The number of benzene rings is 2. The number of aromatic nitrogens is 5. The SMILES string of the molecule is Cc1ccc(-n2nnnc2-c2cnoc2-c2cccc(Cl)c2)cc1. The lowest BCUT2D eigenvalue weighted by Crippen LogP contribution is -2.00. The lowest BCUT2D eigenvalue weighted by atomic mass is 10.1. The molecule has 0 N–H and O–H groups in total. The van der Waals surface area contributed by atoms with Crippen molar-refractivity contribution in [2.75, 3.05) is 0 Å². The van der Waals surface area contributed by atoms with Crippen LogP contribution in [0.2, 0.25) is 5.02 Å². The second kappa shape index (κ2) is 5.90. The molecule has 0 saturated heterocycles. The van der Waals surface area contributed by atoms with Crippen molar-refractivity contribution in [2.45, 2.75) is 6.92 Å². The number of nitrogens with zero attached hydrogens (tertiary/aromatic N) is 5. The van der Waals surface area contributed by atoms with Crippen LogP contribution in [0.5, 0.6) is 0 Å². The summed E-state index contributed by atoms with van der Waals surface area (Å²) < 4.78 is 7.07. The Bertz CT molecular complexity index is 990. The monoisotopic (exact) mass is 337 g/mol. The normalized spacial score (nSPS) is 10.9. The van der Waals surface area contributed by atoms with Crippen molar-refractivity contribution in [3.8, 4) is 28.4 Å². The van der Waals surface area contributed by atoms with Gasteiger partial charge in [0.25, 0.3) is 0 Å². The number of aryl methyl sites for hydroxylation is 1. The van der Waals surface area contributed by atoms with E-state index in [1.54, 1.807) is 16.9 Å². The Hall–Kier alpha value is -2.99. The molecule has 7 heteroatoms. The van der Waals surface area contributed by atoms with E-state index < -0.39 is 0 Å². The van der Waals surface area contributed by atoms with Gasteiger partial charge < -0.3 is 4.52 Å². The van der Waals surface area contributed by atoms with Gasteiger partial charge in [-0.05, 0) is 41.6 Å². The molecule has 0 aliphatic carbocycles. The zero-order chi connectivity index (χ0) is 16.5. The largest absolute Gasteiger partial charge is 0.356 e. The first-order chi connectivity index (χ1) is 11.7. The van der Waals surface area contributed by atoms with Gasteiger partial charge in [-0.3, -0.25) is 0 Å². The first-order valence-corrected chi connectivity index (χ1v) is 7.66. The van der Waals surface area contributed by atoms with Crippen LogP contribution in [0.15, 0.2) is 59.3 Å². The van der Waals surface area contributed by atoms with E-state index in [1.165, 1.54) is 0 Å². The molecule has 2 aromatic heterocycles. The smallest absolute Gasteiger partial charge is 0.192 e. The van der Waals surface area contributed by atoms with Crippen molar-refractivity contribution in [3.63, 3.8) is 0 Å². The van der Waals surface area contributed by atoms with Crippen LogP contribution in [0.25, 0.3) is 28.4 Å². The summed E-state index contributed by atoms with van der Waals surface area (Å²) in [7, 11) is 0. The Morgan fingerprint density at radius 1 is 1.08 bits per heavy atom. The second-order valence-corrected chi connectivity index (χ2v) is 5.77. The quantitative estimate of drug-likeness (QED) is 0.566. The molecule has 0 atom stereocenters. The van der Waals surface area contributed by atoms with Crippen molar-refractivity contribution >= 4 is 11.6 Å². The lowest BCUT2D eigenvalue weighted by molar-refractivity contribution is 0.432. The molecule has 0 aliphatic heterocycles. The fourth-order valence-corrected chi connectivity index (χ4v) is 2.64. The summed E-state index contributed by atoms with van der Waals surface area (Å²) in [5, 5.41) is 16.5. The Labute approximate surface area is 142 Å². The molecule has 24 heavy (non-hydrogen) atoms. The maximum Gasteiger partial charge on any atom is 0.192 e. The van der Waals surface area contributed by atoms with Crippen LogP contribution in [0.4, 0.5) is 0 Å². The van der Waals surface area contributed by atoms with Crippen molar-refractivity contribution in [3.05, 3.63) is 65.3 Å². The van der Waals surface area contributed by atoms with Crippen LogP contribution in [-0.4, -0.2) is 25.4 Å².